The van der Waals surface area contributed by atoms with Crippen LogP contribution < -0.4 is 5.56 Å². The van der Waals surface area contributed by atoms with Crippen LogP contribution in [0.4, 0.5) is 0 Å². The molecule has 0 saturated carbocycles. The highest BCUT2D eigenvalue weighted by Gasteiger charge is 2.30. The number of nitrogens with zero attached hydrogens (tertiary/aromatic N) is 3. The number of aryl methyl sites for hydroxylation is 1. The number of benzene rings is 1. The molecule has 1 fully saturated rings. The van der Waals surface area contributed by atoms with E-state index in [1.54, 1.807) is 6.07 Å². The Balaban J connectivity index is 1.27. The molecular formula is C22H24N4O3. The van der Waals surface area contributed by atoms with Crippen molar-refractivity contribution in [1.82, 2.24) is 20.3 Å². The Morgan fingerprint density at radius 1 is 1.14 bits per heavy atom. The second kappa shape index (κ2) is 7.46. The molecule has 1 aliphatic heterocycles. The van der Waals surface area contributed by atoms with Gasteiger partial charge in [0.15, 0.2) is 0 Å². The van der Waals surface area contributed by atoms with Gasteiger partial charge in [-0.15, -0.1) is 0 Å². The van der Waals surface area contributed by atoms with Crippen LogP contribution in [0.3, 0.4) is 0 Å². The summed E-state index contributed by atoms with van der Waals surface area (Å²) in [6, 6.07) is 7.28. The summed E-state index contributed by atoms with van der Waals surface area (Å²) in [5, 5.41) is 12.2. The SMILES string of the molecule is O=C(Cc1n[nH]c(=O)c2ccccc12)N1CCC(c2onc3c2CCCC3)CC1. The number of amides is 1. The Morgan fingerprint density at radius 2 is 1.90 bits per heavy atom. The fourth-order valence-electron chi connectivity index (χ4n) is 4.69. The Bertz CT molecular complexity index is 1110. The first-order valence-corrected chi connectivity index (χ1v) is 10.4. The predicted octanol–water partition coefficient (Wildman–Crippen LogP) is 2.74. The van der Waals surface area contributed by atoms with Crippen LogP contribution in [-0.2, 0) is 24.1 Å². The lowest BCUT2D eigenvalue weighted by Crippen LogP contribution is -2.39. The molecular weight excluding hydrogens is 368 g/mol. The van der Waals surface area contributed by atoms with Gasteiger partial charge in [0.25, 0.3) is 5.56 Å². The number of piperidine rings is 1. The third kappa shape index (κ3) is 3.34. The molecule has 150 valence electrons. The van der Waals surface area contributed by atoms with Gasteiger partial charge >= 0.3 is 0 Å². The van der Waals surface area contributed by atoms with E-state index in [2.05, 4.69) is 15.4 Å². The topological polar surface area (TPSA) is 92.1 Å². The van der Waals surface area contributed by atoms with Crippen LogP contribution in [0, 0.1) is 0 Å². The van der Waals surface area contributed by atoms with Crippen molar-refractivity contribution in [2.45, 2.75) is 50.9 Å². The van der Waals surface area contributed by atoms with Crippen molar-refractivity contribution in [3.63, 3.8) is 0 Å². The molecule has 0 atom stereocenters. The summed E-state index contributed by atoms with van der Waals surface area (Å²) in [7, 11) is 0. The van der Waals surface area contributed by atoms with Crippen molar-refractivity contribution in [3.05, 3.63) is 57.3 Å². The van der Waals surface area contributed by atoms with E-state index < -0.39 is 0 Å². The monoisotopic (exact) mass is 392 g/mol. The normalized spacial score (nSPS) is 17.4. The molecule has 0 spiro atoms. The van der Waals surface area contributed by atoms with E-state index in [1.807, 2.05) is 23.1 Å². The lowest BCUT2D eigenvalue weighted by atomic mass is 9.87. The second-order valence-corrected chi connectivity index (χ2v) is 8.06. The molecule has 29 heavy (non-hydrogen) atoms. The molecule has 7 heteroatoms. The third-order valence-corrected chi connectivity index (χ3v) is 6.30. The summed E-state index contributed by atoms with van der Waals surface area (Å²) < 4.78 is 5.71. The van der Waals surface area contributed by atoms with E-state index in [1.165, 1.54) is 18.4 Å². The number of aromatic amines is 1. The van der Waals surface area contributed by atoms with Crippen LogP contribution in [0.15, 0.2) is 33.6 Å². The number of carbonyl (C=O) groups is 1. The van der Waals surface area contributed by atoms with Gasteiger partial charge in [0, 0.05) is 30.0 Å². The number of H-pyrrole nitrogens is 1. The molecule has 3 aromatic rings. The standard InChI is InChI=1S/C22H24N4O3/c27-20(13-19-15-5-1-2-6-16(15)22(28)24-23-19)26-11-9-14(10-12-26)21-17-7-3-4-8-18(17)25-29-21/h1-2,5-6,14H,3-4,7-13H2,(H,24,28). The highest BCUT2D eigenvalue weighted by molar-refractivity contribution is 5.88. The number of fused-ring (bicyclic) bond motifs is 2. The van der Waals surface area contributed by atoms with Crippen LogP contribution >= 0.6 is 0 Å². The summed E-state index contributed by atoms with van der Waals surface area (Å²) in [5.41, 5.74) is 2.86. The van der Waals surface area contributed by atoms with Gasteiger partial charge in [-0.3, -0.25) is 9.59 Å². The molecule has 1 aromatic carbocycles. The molecule has 7 nitrogen and oxygen atoms in total. The Labute approximate surface area is 168 Å². The highest BCUT2D eigenvalue weighted by Crippen LogP contribution is 2.35. The van der Waals surface area contributed by atoms with Crippen molar-refractivity contribution >= 4 is 16.7 Å². The maximum Gasteiger partial charge on any atom is 0.272 e. The number of carbonyl (C=O) groups excluding carboxylic acids is 1. The van der Waals surface area contributed by atoms with Gasteiger partial charge in [0.05, 0.1) is 23.2 Å². The van der Waals surface area contributed by atoms with Gasteiger partial charge in [0.1, 0.15) is 5.76 Å². The molecule has 0 radical (unpaired) electrons. The average Bonchev–Trinajstić information content (AvgIpc) is 3.20. The fourth-order valence-corrected chi connectivity index (χ4v) is 4.69. The molecule has 1 aliphatic carbocycles. The summed E-state index contributed by atoms with van der Waals surface area (Å²) in [6.07, 6.45) is 6.48. The van der Waals surface area contributed by atoms with Crippen LogP contribution in [0.2, 0.25) is 0 Å². The largest absolute Gasteiger partial charge is 0.361 e. The van der Waals surface area contributed by atoms with Gasteiger partial charge in [0.2, 0.25) is 5.91 Å². The number of aromatic nitrogens is 3. The van der Waals surface area contributed by atoms with E-state index >= 15 is 0 Å². The Morgan fingerprint density at radius 3 is 2.72 bits per heavy atom. The third-order valence-electron chi connectivity index (χ3n) is 6.30. The van der Waals surface area contributed by atoms with E-state index in [9.17, 15) is 9.59 Å². The van der Waals surface area contributed by atoms with Crippen molar-refractivity contribution < 1.29 is 9.32 Å². The first kappa shape index (κ1) is 18.1. The summed E-state index contributed by atoms with van der Waals surface area (Å²) in [6.45, 7) is 1.42. The Hall–Kier alpha value is -2.96. The van der Waals surface area contributed by atoms with Crippen LogP contribution in [-0.4, -0.2) is 39.3 Å². The second-order valence-electron chi connectivity index (χ2n) is 8.06. The average molecular weight is 392 g/mol. The van der Waals surface area contributed by atoms with Gasteiger partial charge in [-0.25, -0.2) is 5.10 Å². The smallest absolute Gasteiger partial charge is 0.272 e. The van der Waals surface area contributed by atoms with E-state index in [4.69, 9.17) is 4.52 Å². The van der Waals surface area contributed by atoms with Gasteiger partial charge < -0.3 is 9.42 Å². The molecule has 1 saturated heterocycles. The van der Waals surface area contributed by atoms with Gasteiger partial charge in [-0.1, -0.05) is 23.4 Å². The van der Waals surface area contributed by atoms with E-state index in [0.717, 1.165) is 42.5 Å². The molecule has 1 amide bonds. The van der Waals surface area contributed by atoms with Crippen molar-refractivity contribution in [3.8, 4) is 0 Å². The number of hydrogen-bond donors (Lipinski definition) is 1. The fraction of sp³-hybridized carbons (Fsp3) is 0.455. The highest BCUT2D eigenvalue weighted by atomic mass is 16.5. The first-order valence-electron chi connectivity index (χ1n) is 10.4. The minimum Gasteiger partial charge on any atom is -0.361 e. The summed E-state index contributed by atoms with van der Waals surface area (Å²) >= 11 is 0. The maximum absolute atomic E-state index is 12.9. The minimum atomic E-state index is -0.229. The van der Waals surface area contributed by atoms with E-state index in [0.29, 0.717) is 30.1 Å². The lowest BCUT2D eigenvalue weighted by Gasteiger charge is -2.31. The first-order chi connectivity index (χ1) is 14.2. The van der Waals surface area contributed by atoms with Crippen molar-refractivity contribution in [2.75, 3.05) is 13.1 Å². The zero-order valence-corrected chi connectivity index (χ0v) is 16.3. The van der Waals surface area contributed by atoms with Gasteiger partial charge in [-0.05, 0) is 44.6 Å². The minimum absolute atomic E-state index is 0.0488. The Kier molecular flexibility index (Phi) is 4.66. The predicted molar refractivity (Wildman–Crippen MR) is 108 cm³/mol. The maximum atomic E-state index is 12.9. The number of nitrogens with one attached hydrogen (secondary N) is 1. The molecule has 2 aliphatic rings. The molecule has 3 heterocycles. The van der Waals surface area contributed by atoms with Crippen molar-refractivity contribution in [2.24, 2.45) is 0 Å². The van der Waals surface area contributed by atoms with Crippen LogP contribution in [0.1, 0.15) is 54.3 Å². The molecule has 0 unspecified atom stereocenters. The van der Waals surface area contributed by atoms with Crippen LogP contribution in [0.5, 0.6) is 0 Å². The lowest BCUT2D eigenvalue weighted by molar-refractivity contribution is -0.131. The molecule has 2 aromatic heterocycles. The molecule has 0 bridgehead atoms. The van der Waals surface area contributed by atoms with E-state index in [-0.39, 0.29) is 17.9 Å². The molecule has 5 rings (SSSR count). The number of hydrogen-bond acceptors (Lipinski definition) is 5. The van der Waals surface area contributed by atoms with Crippen LogP contribution in [0.25, 0.3) is 10.8 Å². The number of likely N-dealkylation sites (tertiary alicyclic amines) is 1. The summed E-state index contributed by atoms with van der Waals surface area (Å²) in [4.78, 5) is 26.7. The van der Waals surface area contributed by atoms with Crippen molar-refractivity contribution in [1.29, 1.82) is 0 Å². The molecule has 1 N–H and O–H groups in total. The number of rotatable bonds is 3. The zero-order valence-electron chi connectivity index (χ0n) is 16.3. The zero-order chi connectivity index (χ0) is 19.8. The quantitative estimate of drug-likeness (QED) is 0.740. The summed E-state index contributed by atoms with van der Waals surface area (Å²) in [5.74, 6) is 1.45. The van der Waals surface area contributed by atoms with Gasteiger partial charge in [-0.2, -0.15) is 5.10 Å².